The highest BCUT2D eigenvalue weighted by molar-refractivity contribution is 5.76. The fraction of sp³-hybridized carbons (Fsp3) is 0.650. The Labute approximate surface area is 174 Å². The first-order valence-electron chi connectivity index (χ1n) is 10.1. The molecule has 5 nitrogen and oxygen atoms in total. The van der Waals surface area contributed by atoms with E-state index in [9.17, 15) is 31.1 Å². The molecule has 2 unspecified atom stereocenters. The average molecular weight is 451 g/mol. The number of hydrogen-bond acceptors (Lipinski definition) is 4. The summed E-state index contributed by atoms with van der Waals surface area (Å²) in [6.07, 6.45) is -5.47. The monoisotopic (exact) mass is 451 g/mol. The molecule has 1 N–H and O–H groups in total. The molecule has 0 saturated heterocycles. The number of carbonyl (C=O) groups is 1. The zero-order chi connectivity index (χ0) is 22.8. The second-order valence-corrected chi connectivity index (χ2v) is 8.03. The molecular weight excluding hydrogens is 428 g/mol. The second kappa shape index (κ2) is 9.04. The van der Waals surface area contributed by atoms with Crippen molar-refractivity contribution in [3.8, 4) is 0 Å². The second-order valence-electron chi connectivity index (χ2n) is 8.03. The van der Waals surface area contributed by atoms with Crippen LogP contribution in [0.4, 0.5) is 26.3 Å². The van der Waals surface area contributed by atoms with Gasteiger partial charge in [0.2, 0.25) is 11.8 Å². The molecule has 172 valence electrons. The van der Waals surface area contributed by atoms with Gasteiger partial charge >= 0.3 is 12.4 Å². The molecule has 3 atom stereocenters. The smallest absolute Gasteiger partial charge is 0.353 e. The molecular formula is C20H23F6N3O2. The molecule has 0 aromatic carbocycles. The number of aryl methyl sites for hydroxylation is 1. The van der Waals surface area contributed by atoms with E-state index in [0.29, 0.717) is 12.8 Å². The van der Waals surface area contributed by atoms with Crippen LogP contribution in [0.5, 0.6) is 0 Å². The summed E-state index contributed by atoms with van der Waals surface area (Å²) in [5, 5.41) is 6.20. The molecule has 11 heteroatoms. The fourth-order valence-corrected chi connectivity index (χ4v) is 4.05. The molecule has 1 heterocycles. The Morgan fingerprint density at radius 2 is 1.94 bits per heavy atom. The Balaban J connectivity index is 1.54. The van der Waals surface area contributed by atoms with Crippen molar-refractivity contribution in [1.82, 2.24) is 15.5 Å². The molecule has 3 rings (SSSR count). The summed E-state index contributed by atoms with van der Waals surface area (Å²) >= 11 is 0. The quantitative estimate of drug-likeness (QED) is 0.488. The van der Waals surface area contributed by atoms with Gasteiger partial charge in [0.25, 0.3) is 0 Å². The fourth-order valence-electron chi connectivity index (χ4n) is 4.05. The number of nitrogens with zero attached hydrogens (tertiary/aromatic N) is 2. The van der Waals surface area contributed by atoms with Gasteiger partial charge < -0.3 is 9.84 Å². The number of alkyl halides is 6. The molecule has 1 amide bonds. The van der Waals surface area contributed by atoms with E-state index >= 15 is 0 Å². The Hall–Kier alpha value is -2.33. The van der Waals surface area contributed by atoms with E-state index in [-0.39, 0.29) is 55.3 Å². The third-order valence-corrected chi connectivity index (χ3v) is 5.73. The highest BCUT2D eigenvalue weighted by Crippen LogP contribution is 2.42. The first-order chi connectivity index (χ1) is 14.4. The van der Waals surface area contributed by atoms with Crippen molar-refractivity contribution in [2.24, 2.45) is 11.8 Å². The standard InChI is InChI=1S/C20H23F6N3O2/c1-11-27-18(29-31-11)15-8-7-14(10-16(15)20(24,25)26)28-17(30)9-4-12-2-5-13(6-3-12)19(21,22)23/h5,8,12,14,16H,2-4,6-7,9-10H2,1H3,(H,28,30)/t12?,14-,16?/m1/s1. The van der Waals surface area contributed by atoms with Crippen LogP contribution >= 0.6 is 0 Å². The molecule has 1 aromatic heterocycles. The maximum absolute atomic E-state index is 13.6. The van der Waals surface area contributed by atoms with E-state index in [0.717, 1.165) is 0 Å². The van der Waals surface area contributed by atoms with Gasteiger partial charge in [0.1, 0.15) is 0 Å². The predicted molar refractivity (Wildman–Crippen MR) is 98.4 cm³/mol. The molecule has 0 spiro atoms. The number of nitrogens with one attached hydrogen (secondary N) is 1. The van der Waals surface area contributed by atoms with Crippen LogP contribution in [0.25, 0.3) is 5.57 Å². The maximum Gasteiger partial charge on any atom is 0.412 e. The van der Waals surface area contributed by atoms with Crippen LogP contribution in [0.2, 0.25) is 0 Å². The molecule has 2 aliphatic rings. The summed E-state index contributed by atoms with van der Waals surface area (Å²) in [7, 11) is 0. The number of aromatic nitrogens is 2. The van der Waals surface area contributed by atoms with Gasteiger partial charge in [-0.1, -0.05) is 17.3 Å². The van der Waals surface area contributed by atoms with Crippen molar-refractivity contribution in [2.45, 2.75) is 70.3 Å². The van der Waals surface area contributed by atoms with Gasteiger partial charge in [0.15, 0.2) is 5.82 Å². The van der Waals surface area contributed by atoms with Gasteiger partial charge in [0, 0.05) is 30.5 Å². The lowest BCUT2D eigenvalue weighted by Crippen LogP contribution is -2.41. The van der Waals surface area contributed by atoms with E-state index in [2.05, 4.69) is 15.5 Å². The zero-order valence-electron chi connectivity index (χ0n) is 16.8. The van der Waals surface area contributed by atoms with Gasteiger partial charge in [-0.05, 0) is 44.4 Å². The third-order valence-electron chi connectivity index (χ3n) is 5.73. The molecule has 0 saturated carbocycles. The van der Waals surface area contributed by atoms with Crippen molar-refractivity contribution in [2.75, 3.05) is 0 Å². The van der Waals surface area contributed by atoms with E-state index in [1.807, 2.05) is 0 Å². The Morgan fingerprint density at radius 3 is 2.48 bits per heavy atom. The van der Waals surface area contributed by atoms with Crippen LogP contribution in [0.15, 0.2) is 22.2 Å². The van der Waals surface area contributed by atoms with E-state index < -0.39 is 35.8 Å². The molecule has 1 aromatic rings. The van der Waals surface area contributed by atoms with Crippen LogP contribution < -0.4 is 5.32 Å². The van der Waals surface area contributed by atoms with Gasteiger partial charge in [-0.2, -0.15) is 31.3 Å². The molecule has 0 radical (unpaired) electrons. The summed E-state index contributed by atoms with van der Waals surface area (Å²) in [6.45, 7) is 1.48. The summed E-state index contributed by atoms with van der Waals surface area (Å²) < 4.78 is 83.5. The van der Waals surface area contributed by atoms with Gasteiger partial charge in [-0.15, -0.1) is 0 Å². The van der Waals surface area contributed by atoms with Gasteiger partial charge in [-0.3, -0.25) is 4.79 Å². The van der Waals surface area contributed by atoms with Crippen molar-refractivity contribution in [3.63, 3.8) is 0 Å². The molecule has 0 bridgehead atoms. The third kappa shape index (κ3) is 6.10. The Bertz CT molecular complexity index is 856. The van der Waals surface area contributed by atoms with Gasteiger partial charge in [-0.25, -0.2) is 0 Å². The lowest BCUT2D eigenvalue weighted by molar-refractivity contribution is -0.162. The van der Waals surface area contributed by atoms with Crippen molar-refractivity contribution in [1.29, 1.82) is 0 Å². The van der Waals surface area contributed by atoms with Crippen molar-refractivity contribution >= 4 is 11.5 Å². The van der Waals surface area contributed by atoms with Gasteiger partial charge in [0.05, 0.1) is 5.92 Å². The highest BCUT2D eigenvalue weighted by atomic mass is 19.4. The predicted octanol–water partition coefficient (Wildman–Crippen LogP) is 5.29. The topological polar surface area (TPSA) is 68.0 Å². The highest BCUT2D eigenvalue weighted by Gasteiger charge is 2.46. The molecule has 31 heavy (non-hydrogen) atoms. The molecule has 0 fully saturated rings. The first kappa shape index (κ1) is 23.3. The summed E-state index contributed by atoms with van der Waals surface area (Å²) in [5.41, 5.74) is -0.600. The van der Waals surface area contributed by atoms with Crippen LogP contribution in [0.1, 0.15) is 56.7 Å². The number of carbonyl (C=O) groups excluding carboxylic acids is 1. The average Bonchev–Trinajstić information content (AvgIpc) is 3.11. The van der Waals surface area contributed by atoms with Crippen molar-refractivity contribution in [3.05, 3.63) is 29.4 Å². The summed E-state index contributed by atoms with van der Waals surface area (Å²) in [4.78, 5) is 16.1. The number of allylic oxidation sites excluding steroid dienone is 3. The normalized spacial score (nSPS) is 25.1. The van der Waals surface area contributed by atoms with Crippen LogP contribution in [0, 0.1) is 18.8 Å². The SMILES string of the molecule is Cc1nc(C2=CC[C@@H](NC(=O)CCC3CC=C(C(F)(F)F)CC3)CC2C(F)(F)F)no1. The Kier molecular flexibility index (Phi) is 6.80. The number of rotatable bonds is 5. The minimum atomic E-state index is -4.53. The molecule has 2 aliphatic carbocycles. The van der Waals surface area contributed by atoms with E-state index in [1.54, 1.807) is 0 Å². The lowest BCUT2D eigenvalue weighted by Gasteiger charge is -2.31. The lowest BCUT2D eigenvalue weighted by atomic mass is 9.83. The first-order valence-corrected chi connectivity index (χ1v) is 10.1. The summed E-state index contributed by atoms with van der Waals surface area (Å²) in [6, 6.07) is -0.695. The number of hydrogen-bond donors (Lipinski definition) is 1. The van der Waals surface area contributed by atoms with Crippen LogP contribution in [-0.4, -0.2) is 34.4 Å². The van der Waals surface area contributed by atoms with E-state index in [4.69, 9.17) is 4.52 Å². The maximum atomic E-state index is 13.6. The summed E-state index contributed by atoms with van der Waals surface area (Å²) in [5.74, 6) is -2.21. The minimum absolute atomic E-state index is 0.0425. The minimum Gasteiger partial charge on any atom is -0.353 e. The largest absolute Gasteiger partial charge is 0.412 e. The Morgan fingerprint density at radius 1 is 1.19 bits per heavy atom. The van der Waals surface area contributed by atoms with Crippen LogP contribution in [0.3, 0.4) is 0 Å². The number of halogens is 6. The number of amides is 1. The van der Waals surface area contributed by atoms with Crippen LogP contribution in [-0.2, 0) is 4.79 Å². The zero-order valence-corrected chi connectivity index (χ0v) is 16.8. The molecule has 0 aliphatic heterocycles. The van der Waals surface area contributed by atoms with E-state index in [1.165, 1.54) is 19.1 Å². The van der Waals surface area contributed by atoms with Crippen molar-refractivity contribution < 1.29 is 35.7 Å².